The maximum atomic E-state index is 12.8. The van der Waals surface area contributed by atoms with Gasteiger partial charge in [0.1, 0.15) is 0 Å². The molecule has 0 bridgehead atoms. The number of amides is 1. The van der Waals surface area contributed by atoms with Crippen LogP contribution >= 0.6 is 0 Å². The molecule has 1 atom stereocenters. The maximum Gasteiger partial charge on any atom is 0.226 e. The maximum absolute atomic E-state index is 12.8. The number of fused-ring (bicyclic) bond motifs is 1. The predicted molar refractivity (Wildman–Crippen MR) is 84.9 cm³/mol. The van der Waals surface area contributed by atoms with E-state index < -0.39 is 0 Å². The van der Waals surface area contributed by atoms with Crippen molar-refractivity contribution in [2.75, 3.05) is 31.1 Å². The van der Waals surface area contributed by atoms with E-state index in [1.54, 1.807) is 12.4 Å². The van der Waals surface area contributed by atoms with Crippen molar-refractivity contribution < 1.29 is 4.79 Å². The van der Waals surface area contributed by atoms with Gasteiger partial charge in [0.05, 0.1) is 6.33 Å². The van der Waals surface area contributed by atoms with Crippen LogP contribution in [0.25, 0.3) is 0 Å². The molecular weight excluding hydrogens is 292 g/mol. The molecule has 1 unspecified atom stereocenters. The summed E-state index contributed by atoms with van der Waals surface area (Å²) in [6, 6.07) is 1.82. The first kappa shape index (κ1) is 14.2. The standard InChI is InChI=1S/C16H20N6O/c23-15(13-2-5-22-12-17-11-14(22)10-13)20-6-8-21(9-7-20)16-18-3-1-4-19-16/h1,3-4,11-13H,2,5-10H2. The second-order valence-corrected chi connectivity index (χ2v) is 6.13. The summed E-state index contributed by atoms with van der Waals surface area (Å²) in [4.78, 5) is 29.6. The van der Waals surface area contributed by atoms with Crippen LogP contribution in [-0.4, -0.2) is 56.5 Å². The minimum Gasteiger partial charge on any atom is -0.339 e. The first-order valence-electron chi connectivity index (χ1n) is 8.11. The molecule has 1 saturated heterocycles. The molecule has 4 heterocycles. The molecule has 0 N–H and O–H groups in total. The van der Waals surface area contributed by atoms with Crippen LogP contribution in [0.4, 0.5) is 5.95 Å². The van der Waals surface area contributed by atoms with E-state index in [1.165, 1.54) is 5.69 Å². The zero-order valence-corrected chi connectivity index (χ0v) is 13.0. The molecule has 23 heavy (non-hydrogen) atoms. The van der Waals surface area contributed by atoms with Crippen LogP contribution in [0.5, 0.6) is 0 Å². The smallest absolute Gasteiger partial charge is 0.226 e. The monoisotopic (exact) mass is 312 g/mol. The highest BCUT2D eigenvalue weighted by Gasteiger charge is 2.30. The Balaban J connectivity index is 1.36. The number of carbonyl (C=O) groups excluding carboxylic acids is 1. The van der Waals surface area contributed by atoms with Crippen LogP contribution in [-0.2, 0) is 17.8 Å². The molecule has 1 amide bonds. The molecule has 0 aromatic carbocycles. The Labute approximate surface area is 135 Å². The van der Waals surface area contributed by atoms with Crippen LogP contribution in [0.3, 0.4) is 0 Å². The van der Waals surface area contributed by atoms with E-state index in [0.717, 1.165) is 51.5 Å². The third-order valence-electron chi connectivity index (χ3n) is 4.75. The van der Waals surface area contributed by atoms with Gasteiger partial charge in [-0.25, -0.2) is 15.0 Å². The van der Waals surface area contributed by atoms with Crippen LogP contribution in [0.15, 0.2) is 31.0 Å². The number of hydrogen-bond donors (Lipinski definition) is 0. The summed E-state index contributed by atoms with van der Waals surface area (Å²) in [5.41, 5.74) is 1.17. The molecule has 0 saturated carbocycles. The highest BCUT2D eigenvalue weighted by Crippen LogP contribution is 2.22. The average molecular weight is 312 g/mol. The Morgan fingerprint density at radius 3 is 2.65 bits per heavy atom. The zero-order chi connectivity index (χ0) is 15.6. The summed E-state index contributed by atoms with van der Waals surface area (Å²) in [5, 5.41) is 0. The Morgan fingerprint density at radius 1 is 1.09 bits per heavy atom. The highest BCUT2D eigenvalue weighted by atomic mass is 16.2. The second-order valence-electron chi connectivity index (χ2n) is 6.13. The lowest BCUT2D eigenvalue weighted by molar-refractivity contribution is -0.136. The SMILES string of the molecule is O=C(C1CCn2cncc2C1)N1CCN(c2ncccn2)CC1. The van der Waals surface area contributed by atoms with Gasteiger partial charge in [-0.15, -0.1) is 0 Å². The summed E-state index contributed by atoms with van der Waals surface area (Å²) in [6.07, 6.45) is 8.96. The van der Waals surface area contributed by atoms with Gasteiger partial charge in [0.15, 0.2) is 0 Å². The third-order valence-corrected chi connectivity index (χ3v) is 4.75. The van der Waals surface area contributed by atoms with Gasteiger partial charge in [-0.3, -0.25) is 4.79 Å². The fourth-order valence-electron chi connectivity index (χ4n) is 3.42. The highest BCUT2D eigenvalue weighted by molar-refractivity contribution is 5.79. The van der Waals surface area contributed by atoms with E-state index in [4.69, 9.17) is 0 Å². The Morgan fingerprint density at radius 2 is 1.87 bits per heavy atom. The van der Waals surface area contributed by atoms with E-state index in [-0.39, 0.29) is 11.8 Å². The van der Waals surface area contributed by atoms with Gasteiger partial charge in [-0.1, -0.05) is 0 Å². The number of rotatable bonds is 2. The molecule has 2 aliphatic heterocycles. The number of carbonyl (C=O) groups is 1. The van der Waals surface area contributed by atoms with Crippen molar-refractivity contribution in [2.45, 2.75) is 19.4 Å². The normalized spacial score (nSPS) is 21.1. The van der Waals surface area contributed by atoms with Crippen molar-refractivity contribution >= 4 is 11.9 Å². The molecule has 1 fully saturated rings. The average Bonchev–Trinajstić information content (AvgIpc) is 3.10. The number of anilines is 1. The molecular formula is C16H20N6O. The lowest BCUT2D eigenvalue weighted by atomic mass is 9.94. The second kappa shape index (κ2) is 5.98. The number of nitrogens with zero attached hydrogens (tertiary/aromatic N) is 6. The molecule has 2 aliphatic rings. The number of aromatic nitrogens is 4. The summed E-state index contributed by atoms with van der Waals surface area (Å²) in [6.45, 7) is 3.96. The van der Waals surface area contributed by atoms with Gasteiger partial charge in [0, 0.05) is 69.3 Å². The number of aryl methyl sites for hydroxylation is 1. The van der Waals surface area contributed by atoms with Gasteiger partial charge < -0.3 is 14.4 Å². The minimum atomic E-state index is 0.0960. The van der Waals surface area contributed by atoms with Crippen molar-refractivity contribution in [3.63, 3.8) is 0 Å². The molecule has 7 nitrogen and oxygen atoms in total. The lowest BCUT2D eigenvalue weighted by Crippen LogP contribution is -2.51. The van der Waals surface area contributed by atoms with Crippen molar-refractivity contribution in [3.05, 3.63) is 36.7 Å². The molecule has 0 spiro atoms. The van der Waals surface area contributed by atoms with Crippen LogP contribution in [0.1, 0.15) is 12.1 Å². The molecule has 2 aromatic rings. The van der Waals surface area contributed by atoms with Gasteiger partial charge in [-0.2, -0.15) is 0 Å². The van der Waals surface area contributed by atoms with Gasteiger partial charge in [0.25, 0.3) is 0 Å². The summed E-state index contributed by atoms with van der Waals surface area (Å²) in [7, 11) is 0. The summed E-state index contributed by atoms with van der Waals surface area (Å²) >= 11 is 0. The van der Waals surface area contributed by atoms with E-state index in [0.29, 0.717) is 0 Å². The van der Waals surface area contributed by atoms with Crippen LogP contribution < -0.4 is 4.90 Å². The first-order chi connectivity index (χ1) is 11.3. The van der Waals surface area contributed by atoms with Crippen molar-refractivity contribution in [3.8, 4) is 0 Å². The number of piperazine rings is 1. The fraction of sp³-hybridized carbons (Fsp3) is 0.500. The molecule has 0 aliphatic carbocycles. The molecule has 2 aromatic heterocycles. The molecule has 4 rings (SSSR count). The summed E-state index contributed by atoms with van der Waals surface area (Å²) in [5.74, 6) is 1.13. The largest absolute Gasteiger partial charge is 0.339 e. The van der Waals surface area contributed by atoms with Crippen molar-refractivity contribution in [1.82, 2.24) is 24.4 Å². The lowest BCUT2D eigenvalue weighted by Gasteiger charge is -2.37. The Bertz CT molecular complexity index is 677. The van der Waals surface area contributed by atoms with Crippen molar-refractivity contribution in [2.24, 2.45) is 5.92 Å². The number of hydrogen-bond acceptors (Lipinski definition) is 5. The fourth-order valence-corrected chi connectivity index (χ4v) is 3.42. The number of imidazole rings is 1. The molecule has 0 radical (unpaired) electrons. The minimum absolute atomic E-state index is 0.0960. The summed E-state index contributed by atoms with van der Waals surface area (Å²) < 4.78 is 2.15. The van der Waals surface area contributed by atoms with Gasteiger partial charge >= 0.3 is 0 Å². The van der Waals surface area contributed by atoms with Gasteiger partial charge in [0.2, 0.25) is 11.9 Å². The zero-order valence-electron chi connectivity index (χ0n) is 13.0. The van der Waals surface area contributed by atoms with E-state index in [1.807, 2.05) is 23.5 Å². The van der Waals surface area contributed by atoms with Gasteiger partial charge in [-0.05, 0) is 12.5 Å². The molecule has 7 heteroatoms. The quantitative estimate of drug-likeness (QED) is 0.812. The Kier molecular flexibility index (Phi) is 3.69. The van der Waals surface area contributed by atoms with E-state index in [9.17, 15) is 4.79 Å². The van der Waals surface area contributed by atoms with Crippen LogP contribution in [0, 0.1) is 5.92 Å². The third kappa shape index (κ3) is 2.78. The predicted octanol–water partition coefficient (Wildman–Crippen LogP) is 0.584. The first-order valence-corrected chi connectivity index (χ1v) is 8.11. The Hall–Kier alpha value is -2.44. The van der Waals surface area contributed by atoms with Crippen molar-refractivity contribution in [1.29, 1.82) is 0 Å². The molecule has 120 valence electrons. The topological polar surface area (TPSA) is 67.2 Å². The van der Waals surface area contributed by atoms with E-state index >= 15 is 0 Å². The van der Waals surface area contributed by atoms with Crippen LogP contribution in [0.2, 0.25) is 0 Å². The van der Waals surface area contributed by atoms with E-state index in [2.05, 4.69) is 24.4 Å².